The van der Waals surface area contributed by atoms with Crippen LogP contribution < -0.4 is 0 Å². The van der Waals surface area contributed by atoms with Crippen LogP contribution in [0, 0.1) is 10.1 Å². The first-order chi connectivity index (χ1) is 10.0. The molecule has 0 bridgehead atoms. The van der Waals surface area contributed by atoms with Crippen LogP contribution in [0.3, 0.4) is 0 Å². The Morgan fingerprint density at radius 2 is 1.81 bits per heavy atom. The predicted octanol–water partition coefficient (Wildman–Crippen LogP) is 0.0320. The number of hydrogen-bond donors (Lipinski definition) is 0. The third kappa shape index (κ3) is 3.88. The van der Waals surface area contributed by atoms with Crippen LogP contribution in [-0.4, -0.2) is 54.5 Å². The fourth-order valence-corrected chi connectivity index (χ4v) is 2.38. The fraction of sp³-hybridized carbons (Fsp3) is 0.833. The number of carbonyl (C=O) groups is 2. The maximum atomic E-state index is 11.6. The van der Waals surface area contributed by atoms with Crippen LogP contribution in [0.5, 0.6) is 0 Å². The fourth-order valence-electron chi connectivity index (χ4n) is 2.38. The van der Waals surface area contributed by atoms with Crippen molar-refractivity contribution in [3.63, 3.8) is 0 Å². The van der Waals surface area contributed by atoms with Gasteiger partial charge in [0.1, 0.15) is 18.0 Å². The molecule has 2 aliphatic rings. The van der Waals surface area contributed by atoms with E-state index in [1.165, 1.54) is 0 Å². The standard InChI is InChI=1S/C12H17NO8/c1-2-7(14)3-4-10(15)20-8-5-18-12-9(21-13(16)17)6-19-11(8)12/h8-9,11-12H,2-6H2,1H3/t8-,9+,11-,12-/m1/s1. The van der Waals surface area contributed by atoms with E-state index in [0.29, 0.717) is 6.42 Å². The van der Waals surface area contributed by atoms with Gasteiger partial charge in [0.25, 0.3) is 5.09 Å². The molecule has 0 aromatic carbocycles. The highest BCUT2D eigenvalue weighted by Gasteiger charge is 2.51. The van der Waals surface area contributed by atoms with E-state index in [-0.39, 0.29) is 31.8 Å². The summed E-state index contributed by atoms with van der Waals surface area (Å²) in [6.07, 6.45) is -2.09. The molecule has 0 unspecified atom stereocenters. The Hall–Kier alpha value is -1.74. The number of Topliss-reactive ketones (excluding diaryl/α,β-unsaturated/α-hetero) is 1. The number of ketones is 1. The van der Waals surface area contributed by atoms with Gasteiger partial charge in [-0.05, 0) is 0 Å². The lowest BCUT2D eigenvalue weighted by molar-refractivity contribution is -0.769. The molecule has 0 aromatic heterocycles. The molecule has 0 aromatic rings. The van der Waals surface area contributed by atoms with E-state index in [1.54, 1.807) is 6.92 Å². The molecule has 4 atom stereocenters. The molecule has 0 spiro atoms. The van der Waals surface area contributed by atoms with E-state index in [4.69, 9.17) is 14.2 Å². The zero-order chi connectivity index (χ0) is 15.4. The molecule has 2 rings (SSSR count). The van der Waals surface area contributed by atoms with Gasteiger partial charge in [-0.2, -0.15) is 0 Å². The van der Waals surface area contributed by atoms with Crippen molar-refractivity contribution in [1.82, 2.24) is 0 Å². The van der Waals surface area contributed by atoms with Crippen molar-refractivity contribution in [2.45, 2.75) is 50.6 Å². The highest BCUT2D eigenvalue weighted by molar-refractivity contribution is 5.82. The van der Waals surface area contributed by atoms with Crippen LogP contribution in [-0.2, 0) is 28.6 Å². The van der Waals surface area contributed by atoms with Crippen molar-refractivity contribution >= 4 is 11.8 Å². The second-order valence-electron chi connectivity index (χ2n) is 4.88. The molecular formula is C12H17NO8. The molecule has 2 heterocycles. The van der Waals surface area contributed by atoms with Crippen LogP contribution in [0.1, 0.15) is 26.2 Å². The van der Waals surface area contributed by atoms with Crippen molar-refractivity contribution in [3.8, 4) is 0 Å². The summed E-state index contributed by atoms with van der Waals surface area (Å²) in [6.45, 7) is 1.84. The zero-order valence-electron chi connectivity index (χ0n) is 11.6. The molecule has 0 saturated carbocycles. The maximum absolute atomic E-state index is 11.6. The Kier molecular flexibility index (Phi) is 5.07. The summed E-state index contributed by atoms with van der Waals surface area (Å²) in [5.41, 5.74) is 0. The van der Waals surface area contributed by atoms with Gasteiger partial charge >= 0.3 is 5.97 Å². The average Bonchev–Trinajstić information content (AvgIpc) is 3.00. The predicted molar refractivity (Wildman–Crippen MR) is 65.8 cm³/mol. The Labute approximate surface area is 120 Å². The second kappa shape index (κ2) is 6.81. The summed E-state index contributed by atoms with van der Waals surface area (Å²) in [6, 6.07) is 0. The van der Waals surface area contributed by atoms with E-state index >= 15 is 0 Å². The number of nitrogens with zero attached hydrogens (tertiary/aromatic N) is 1. The lowest BCUT2D eigenvalue weighted by Crippen LogP contribution is -2.35. The Balaban J connectivity index is 1.80. The monoisotopic (exact) mass is 303 g/mol. The maximum Gasteiger partial charge on any atom is 0.306 e. The molecule has 21 heavy (non-hydrogen) atoms. The highest BCUT2D eigenvalue weighted by Crippen LogP contribution is 2.30. The largest absolute Gasteiger partial charge is 0.457 e. The van der Waals surface area contributed by atoms with Crippen molar-refractivity contribution in [2.75, 3.05) is 13.2 Å². The van der Waals surface area contributed by atoms with E-state index in [2.05, 4.69) is 4.84 Å². The summed E-state index contributed by atoms with van der Waals surface area (Å²) < 4.78 is 15.9. The van der Waals surface area contributed by atoms with E-state index in [1.807, 2.05) is 0 Å². The number of ether oxygens (including phenoxy) is 3. The van der Waals surface area contributed by atoms with Gasteiger partial charge in [0.15, 0.2) is 12.2 Å². The van der Waals surface area contributed by atoms with Crippen molar-refractivity contribution in [2.24, 2.45) is 0 Å². The van der Waals surface area contributed by atoms with Crippen molar-refractivity contribution in [3.05, 3.63) is 10.1 Å². The van der Waals surface area contributed by atoms with Gasteiger partial charge in [-0.3, -0.25) is 9.59 Å². The van der Waals surface area contributed by atoms with E-state index in [9.17, 15) is 19.7 Å². The molecule has 9 heteroatoms. The van der Waals surface area contributed by atoms with Gasteiger partial charge < -0.3 is 19.0 Å². The summed E-state index contributed by atoms with van der Waals surface area (Å²) in [7, 11) is 0. The molecule has 0 aliphatic carbocycles. The van der Waals surface area contributed by atoms with Crippen LogP contribution in [0.4, 0.5) is 0 Å². The first kappa shape index (κ1) is 15.6. The first-order valence-electron chi connectivity index (χ1n) is 6.76. The summed E-state index contributed by atoms with van der Waals surface area (Å²) in [5, 5.41) is 9.44. The van der Waals surface area contributed by atoms with Crippen LogP contribution >= 0.6 is 0 Å². The van der Waals surface area contributed by atoms with E-state index in [0.717, 1.165) is 0 Å². The minimum absolute atomic E-state index is 0.00931. The SMILES string of the molecule is CCC(=O)CCC(=O)O[C@@H]1CO[C@H]2[C@@H]1OC[C@@H]2O[N+](=O)[O-]. The number of fused-ring (bicyclic) bond motifs is 1. The van der Waals surface area contributed by atoms with E-state index < -0.39 is 35.5 Å². The van der Waals surface area contributed by atoms with Crippen LogP contribution in [0.15, 0.2) is 0 Å². The lowest BCUT2D eigenvalue weighted by Gasteiger charge is -2.16. The molecule has 2 saturated heterocycles. The Morgan fingerprint density at radius 1 is 1.19 bits per heavy atom. The van der Waals surface area contributed by atoms with Gasteiger partial charge in [-0.1, -0.05) is 6.92 Å². The molecule has 0 amide bonds. The number of carbonyl (C=O) groups excluding carboxylic acids is 2. The first-order valence-corrected chi connectivity index (χ1v) is 6.76. The molecule has 0 radical (unpaired) electrons. The molecule has 9 nitrogen and oxygen atoms in total. The van der Waals surface area contributed by atoms with Crippen LogP contribution in [0.2, 0.25) is 0 Å². The minimum Gasteiger partial charge on any atom is -0.457 e. The molecule has 2 aliphatic heterocycles. The molecule has 2 fully saturated rings. The average molecular weight is 303 g/mol. The summed E-state index contributed by atoms with van der Waals surface area (Å²) in [5.74, 6) is -0.516. The number of rotatable bonds is 7. The number of esters is 1. The van der Waals surface area contributed by atoms with Crippen molar-refractivity contribution < 1.29 is 33.7 Å². The second-order valence-corrected chi connectivity index (χ2v) is 4.88. The molecule has 0 N–H and O–H groups in total. The highest BCUT2D eigenvalue weighted by atomic mass is 17.0. The summed E-state index contributed by atoms with van der Waals surface area (Å²) >= 11 is 0. The number of hydrogen-bond acceptors (Lipinski definition) is 8. The van der Waals surface area contributed by atoms with Gasteiger partial charge in [-0.15, -0.1) is 10.1 Å². The Morgan fingerprint density at radius 3 is 2.43 bits per heavy atom. The van der Waals surface area contributed by atoms with Gasteiger partial charge in [0.2, 0.25) is 0 Å². The smallest absolute Gasteiger partial charge is 0.306 e. The summed E-state index contributed by atoms with van der Waals surface area (Å²) in [4.78, 5) is 37.6. The third-order valence-electron chi connectivity index (χ3n) is 3.47. The zero-order valence-corrected chi connectivity index (χ0v) is 11.6. The normalized spacial score (nSPS) is 30.7. The third-order valence-corrected chi connectivity index (χ3v) is 3.47. The minimum atomic E-state index is -0.893. The van der Waals surface area contributed by atoms with Crippen LogP contribution in [0.25, 0.3) is 0 Å². The topological polar surface area (TPSA) is 114 Å². The van der Waals surface area contributed by atoms with Gasteiger partial charge in [0.05, 0.1) is 19.6 Å². The van der Waals surface area contributed by atoms with Crippen molar-refractivity contribution in [1.29, 1.82) is 0 Å². The molecule has 118 valence electrons. The van der Waals surface area contributed by atoms with Gasteiger partial charge in [0, 0.05) is 12.8 Å². The van der Waals surface area contributed by atoms with Gasteiger partial charge in [-0.25, -0.2) is 0 Å². The Bertz CT molecular complexity index is 425. The molecular weight excluding hydrogens is 286 g/mol. The quantitative estimate of drug-likeness (QED) is 0.367. The lowest BCUT2D eigenvalue weighted by atomic mass is 10.1.